The van der Waals surface area contributed by atoms with E-state index in [9.17, 15) is 4.39 Å². The fourth-order valence-electron chi connectivity index (χ4n) is 2.93. The molecule has 4 heteroatoms. The molecular formula is C18H16FNO2. The van der Waals surface area contributed by atoms with Crippen molar-refractivity contribution >= 4 is 6.08 Å². The molecule has 0 spiro atoms. The standard InChI is InChI=1S/C18H16FNO2/c19-14-4-1-12(2-5-14)3-6-16-15-10-18-17(21-11-22-18)9-13(15)7-8-20-16/h1-6,9-10,16,20H,7-8,11H2/b6-3+. The van der Waals surface area contributed by atoms with Gasteiger partial charge < -0.3 is 14.8 Å². The van der Waals surface area contributed by atoms with Crippen LogP contribution in [-0.4, -0.2) is 13.3 Å². The maximum atomic E-state index is 12.9. The molecule has 1 atom stereocenters. The lowest BCUT2D eigenvalue weighted by Crippen LogP contribution is -2.28. The SMILES string of the molecule is Fc1ccc(/C=C/C2NCCc3cc4c(cc32)OCO4)cc1. The van der Waals surface area contributed by atoms with Crippen LogP contribution in [0.25, 0.3) is 6.08 Å². The number of hydrogen-bond acceptors (Lipinski definition) is 3. The molecule has 0 saturated heterocycles. The zero-order valence-corrected chi connectivity index (χ0v) is 12.0. The zero-order chi connectivity index (χ0) is 14.9. The minimum Gasteiger partial charge on any atom is -0.454 e. The van der Waals surface area contributed by atoms with E-state index in [1.807, 2.05) is 6.08 Å². The molecule has 22 heavy (non-hydrogen) atoms. The molecule has 1 unspecified atom stereocenters. The molecule has 0 radical (unpaired) electrons. The number of nitrogens with one attached hydrogen (secondary N) is 1. The molecule has 2 aliphatic heterocycles. The Balaban J connectivity index is 1.63. The van der Waals surface area contributed by atoms with Gasteiger partial charge >= 0.3 is 0 Å². The summed E-state index contributed by atoms with van der Waals surface area (Å²) < 4.78 is 23.9. The van der Waals surface area contributed by atoms with Gasteiger partial charge in [-0.25, -0.2) is 4.39 Å². The molecular weight excluding hydrogens is 281 g/mol. The van der Waals surface area contributed by atoms with Crippen LogP contribution >= 0.6 is 0 Å². The molecule has 0 aliphatic carbocycles. The van der Waals surface area contributed by atoms with Crippen molar-refractivity contribution in [1.82, 2.24) is 5.32 Å². The van der Waals surface area contributed by atoms with Gasteiger partial charge in [0.15, 0.2) is 11.5 Å². The average Bonchev–Trinajstić information content (AvgIpc) is 2.99. The van der Waals surface area contributed by atoms with E-state index in [0.29, 0.717) is 6.79 Å². The molecule has 3 nitrogen and oxygen atoms in total. The first-order valence-electron chi connectivity index (χ1n) is 7.39. The van der Waals surface area contributed by atoms with E-state index in [2.05, 4.69) is 23.5 Å². The van der Waals surface area contributed by atoms with Crippen molar-refractivity contribution in [2.45, 2.75) is 12.5 Å². The number of ether oxygens (including phenoxy) is 2. The summed E-state index contributed by atoms with van der Waals surface area (Å²) in [6, 6.07) is 10.8. The Labute approximate surface area is 128 Å². The van der Waals surface area contributed by atoms with Crippen LogP contribution in [0.4, 0.5) is 4.39 Å². The minimum absolute atomic E-state index is 0.128. The summed E-state index contributed by atoms with van der Waals surface area (Å²) in [6.45, 7) is 1.22. The predicted molar refractivity (Wildman–Crippen MR) is 82.4 cm³/mol. The Morgan fingerprint density at radius 3 is 2.68 bits per heavy atom. The Morgan fingerprint density at radius 2 is 1.86 bits per heavy atom. The van der Waals surface area contributed by atoms with E-state index in [0.717, 1.165) is 30.0 Å². The van der Waals surface area contributed by atoms with Crippen molar-refractivity contribution < 1.29 is 13.9 Å². The van der Waals surface area contributed by atoms with Crippen molar-refractivity contribution in [3.05, 3.63) is 65.0 Å². The van der Waals surface area contributed by atoms with E-state index in [1.54, 1.807) is 12.1 Å². The lowest BCUT2D eigenvalue weighted by molar-refractivity contribution is 0.174. The van der Waals surface area contributed by atoms with Crippen molar-refractivity contribution in [2.75, 3.05) is 13.3 Å². The summed E-state index contributed by atoms with van der Waals surface area (Å²) in [7, 11) is 0. The van der Waals surface area contributed by atoms with Gasteiger partial charge in [0.25, 0.3) is 0 Å². The van der Waals surface area contributed by atoms with Gasteiger partial charge in [0.05, 0.1) is 6.04 Å². The summed E-state index contributed by atoms with van der Waals surface area (Å²) in [5.41, 5.74) is 3.49. The number of hydrogen-bond donors (Lipinski definition) is 1. The summed E-state index contributed by atoms with van der Waals surface area (Å²) in [5, 5.41) is 3.49. The molecule has 0 fully saturated rings. The van der Waals surface area contributed by atoms with E-state index in [-0.39, 0.29) is 11.9 Å². The third-order valence-corrected chi connectivity index (χ3v) is 4.08. The normalized spacial score (nSPS) is 19.4. The van der Waals surface area contributed by atoms with Crippen LogP contribution in [0, 0.1) is 5.82 Å². The van der Waals surface area contributed by atoms with Crippen LogP contribution in [0.1, 0.15) is 22.7 Å². The van der Waals surface area contributed by atoms with Crippen LogP contribution in [0.3, 0.4) is 0 Å². The van der Waals surface area contributed by atoms with Crippen LogP contribution in [0.15, 0.2) is 42.5 Å². The molecule has 0 aromatic heterocycles. The lowest BCUT2D eigenvalue weighted by Gasteiger charge is -2.25. The monoisotopic (exact) mass is 297 g/mol. The highest BCUT2D eigenvalue weighted by Crippen LogP contribution is 2.38. The van der Waals surface area contributed by atoms with Crippen molar-refractivity contribution in [1.29, 1.82) is 0 Å². The van der Waals surface area contributed by atoms with Crippen molar-refractivity contribution in [3.8, 4) is 11.5 Å². The molecule has 2 aromatic carbocycles. The molecule has 112 valence electrons. The summed E-state index contributed by atoms with van der Waals surface area (Å²) >= 11 is 0. The van der Waals surface area contributed by atoms with Crippen LogP contribution < -0.4 is 14.8 Å². The van der Waals surface area contributed by atoms with Gasteiger partial charge in [0.1, 0.15) is 5.82 Å². The molecule has 0 saturated carbocycles. The van der Waals surface area contributed by atoms with Crippen LogP contribution in [0.5, 0.6) is 11.5 Å². The number of fused-ring (bicyclic) bond motifs is 2. The second kappa shape index (κ2) is 5.46. The molecule has 4 rings (SSSR count). The molecule has 2 aliphatic rings. The second-order valence-electron chi connectivity index (χ2n) is 5.50. The zero-order valence-electron chi connectivity index (χ0n) is 12.0. The van der Waals surface area contributed by atoms with Gasteiger partial charge in [-0.3, -0.25) is 0 Å². The topological polar surface area (TPSA) is 30.5 Å². The maximum Gasteiger partial charge on any atom is 0.231 e. The molecule has 2 aromatic rings. The summed E-state index contributed by atoms with van der Waals surface area (Å²) in [5.74, 6) is 1.43. The maximum absolute atomic E-state index is 12.9. The van der Waals surface area contributed by atoms with Gasteiger partial charge in [-0.05, 0) is 47.4 Å². The Bertz CT molecular complexity index is 725. The summed E-state index contributed by atoms with van der Waals surface area (Å²) in [6.07, 6.45) is 5.09. The molecule has 0 amide bonds. The van der Waals surface area contributed by atoms with Crippen molar-refractivity contribution in [3.63, 3.8) is 0 Å². The molecule has 1 N–H and O–H groups in total. The van der Waals surface area contributed by atoms with Gasteiger partial charge in [-0.15, -0.1) is 0 Å². The van der Waals surface area contributed by atoms with Crippen LogP contribution in [0.2, 0.25) is 0 Å². The first-order valence-corrected chi connectivity index (χ1v) is 7.39. The molecule has 0 bridgehead atoms. The van der Waals surface area contributed by atoms with Gasteiger partial charge in [-0.2, -0.15) is 0 Å². The minimum atomic E-state index is -0.217. The lowest BCUT2D eigenvalue weighted by atomic mass is 9.93. The smallest absolute Gasteiger partial charge is 0.231 e. The van der Waals surface area contributed by atoms with Crippen LogP contribution in [-0.2, 0) is 6.42 Å². The summed E-state index contributed by atoms with van der Waals surface area (Å²) in [4.78, 5) is 0. The highest BCUT2D eigenvalue weighted by molar-refractivity contribution is 5.55. The fraction of sp³-hybridized carbons (Fsp3) is 0.222. The third kappa shape index (κ3) is 2.46. The fourth-order valence-corrected chi connectivity index (χ4v) is 2.93. The highest BCUT2D eigenvalue weighted by atomic mass is 19.1. The van der Waals surface area contributed by atoms with Crippen molar-refractivity contribution in [2.24, 2.45) is 0 Å². The molecule has 2 heterocycles. The predicted octanol–water partition coefficient (Wildman–Crippen LogP) is 3.45. The van der Waals surface area contributed by atoms with E-state index in [4.69, 9.17) is 9.47 Å². The third-order valence-electron chi connectivity index (χ3n) is 4.08. The van der Waals surface area contributed by atoms with Gasteiger partial charge in [0, 0.05) is 6.54 Å². The number of rotatable bonds is 2. The largest absolute Gasteiger partial charge is 0.454 e. The first-order chi connectivity index (χ1) is 10.8. The van der Waals surface area contributed by atoms with Gasteiger partial charge in [0.2, 0.25) is 6.79 Å². The highest BCUT2D eigenvalue weighted by Gasteiger charge is 2.23. The Kier molecular flexibility index (Phi) is 3.31. The number of halogens is 1. The van der Waals surface area contributed by atoms with E-state index < -0.39 is 0 Å². The van der Waals surface area contributed by atoms with E-state index >= 15 is 0 Å². The Morgan fingerprint density at radius 1 is 1.09 bits per heavy atom. The number of benzene rings is 2. The first kappa shape index (κ1) is 13.3. The Hall–Kier alpha value is -2.33. The quantitative estimate of drug-likeness (QED) is 0.921. The average molecular weight is 297 g/mol. The van der Waals surface area contributed by atoms with Gasteiger partial charge in [-0.1, -0.05) is 24.3 Å². The van der Waals surface area contributed by atoms with E-state index in [1.165, 1.54) is 23.3 Å². The second-order valence-corrected chi connectivity index (χ2v) is 5.50.